The van der Waals surface area contributed by atoms with E-state index in [-0.39, 0.29) is 11.8 Å². The molecule has 0 aliphatic carbocycles. The number of piperidine rings is 1. The van der Waals surface area contributed by atoms with Gasteiger partial charge in [-0.15, -0.1) is 0 Å². The maximum Gasteiger partial charge on any atom is 0.243 e. The van der Waals surface area contributed by atoms with E-state index in [0.29, 0.717) is 30.8 Å². The fourth-order valence-electron chi connectivity index (χ4n) is 3.21. The molecule has 0 atom stereocenters. The van der Waals surface area contributed by atoms with Crippen molar-refractivity contribution in [2.75, 3.05) is 18.4 Å². The monoisotopic (exact) mass is 372 g/mol. The van der Waals surface area contributed by atoms with Crippen molar-refractivity contribution in [2.24, 2.45) is 5.92 Å². The highest BCUT2D eigenvalue weighted by molar-refractivity contribution is 7.89. The van der Waals surface area contributed by atoms with Gasteiger partial charge < -0.3 is 5.32 Å². The topological polar surface area (TPSA) is 66.5 Å². The number of rotatable bonds is 5. The standard InChI is InChI=1S/C20H24N2O3S/c1-2-16-7-6-8-18(15-16)21-20(23)17-11-13-22(14-12-17)26(24,25)19-9-4-3-5-10-19/h3-10,15,17H,2,11-14H2,1H3,(H,21,23). The fourth-order valence-corrected chi connectivity index (χ4v) is 4.70. The van der Waals surface area contributed by atoms with Gasteiger partial charge in [0.05, 0.1) is 4.90 Å². The first-order valence-electron chi connectivity index (χ1n) is 8.95. The van der Waals surface area contributed by atoms with Crippen LogP contribution in [0.15, 0.2) is 59.5 Å². The predicted molar refractivity (Wildman–Crippen MR) is 102 cm³/mol. The number of amides is 1. The van der Waals surface area contributed by atoms with Gasteiger partial charge in [-0.1, -0.05) is 37.3 Å². The van der Waals surface area contributed by atoms with Crippen LogP contribution in [0.2, 0.25) is 0 Å². The number of hydrogen-bond donors (Lipinski definition) is 1. The molecule has 1 fully saturated rings. The summed E-state index contributed by atoms with van der Waals surface area (Å²) in [7, 11) is -3.48. The van der Waals surface area contributed by atoms with Crippen molar-refractivity contribution in [3.05, 3.63) is 60.2 Å². The number of benzene rings is 2. The van der Waals surface area contributed by atoms with Crippen LogP contribution in [0.1, 0.15) is 25.3 Å². The number of carbonyl (C=O) groups excluding carboxylic acids is 1. The van der Waals surface area contributed by atoms with Gasteiger partial charge in [-0.25, -0.2) is 8.42 Å². The average Bonchev–Trinajstić information content (AvgIpc) is 2.69. The van der Waals surface area contributed by atoms with Crippen LogP contribution in [0.3, 0.4) is 0 Å². The highest BCUT2D eigenvalue weighted by Crippen LogP contribution is 2.25. The van der Waals surface area contributed by atoms with E-state index in [2.05, 4.69) is 12.2 Å². The van der Waals surface area contributed by atoms with Crippen molar-refractivity contribution in [3.8, 4) is 0 Å². The zero-order chi connectivity index (χ0) is 18.6. The van der Waals surface area contributed by atoms with Crippen molar-refractivity contribution < 1.29 is 13.2 Å². The lowest BCUT2D eigenvalue weighted by Gasteiger charge is -2.30. The third-order valence-corrected chi connectivity index (χ3v) is 6.72. The van der Waals surface area contributed by atoms with Crippen molar-refractivity contribution >= 4 is 21.6 Å². The van der Waals surface area contributed by atoms with E-state index in [0.717, 1.165) is 12.1 Å². The molecule has 1 aliphatic heterocycles. The Bertz CT molecular complexity index is 858. The molecule has 1 aliphatic rings. The highest BCUT2D eigenvalue weighted by atomic mass is 32.2. The molecular formula is C20H24N2O3S. The maximum absolute atomic E-state index is 12.7. The summed E-state index contributed by atoms with van der Waals surface area (Å²) in [6.45, 7) is 2.80. The van der Waals surface area contributed by atoms with Gasteiger partial charge in [-0.05, 0) is 49.1 Å². The lowest BCUT2D eigenvalue weighted by atomic mass is 9.97. The summed E-state index contributed by atoms with van der Waals surface area (Å²) in [5, 5.41) is 2.96. The zero-order valence-electron chi connectivity index (χ0n) is 14.9. The number of carbonyl (C=O) groups is 1. The third-order valence-electron chi connectivity index (χ3n) is 4.81. The normalized spacial score (nSPS) is 16.3. The molecule has 2 aromatic carbocycles. The maximum atomic E-state index is 12.7. The molecule has 1 heterocycles. The molecule has 1 saturated heterocycles. The van der Waals surface area contributed by atoms with Crippen LogP contribution in [0.4, 0.5) is 5.69 Å². The summed E-state index contributed by atoms with van der Waals surface area (Å²) in [6, 6.07) is 16.3. The van der Waals surface area contributed by atoms with E-state index in [1.54, 1.807) is 30.3 Å². The Kier molecular flexibility index (Phi) is 5.74. The summed E-state index contributed by atoms with van der Waals surface area (Å²) in [4.78, 5) is 12.8. The van der Waals surface area contributed by atoms with Gasteiger partial charge in [0.2, 0.25) is 15.9 Å². The minimum absolute atomic E-state index is 0.0324. The van der Waals surface area contributed by atoms with Gasteiger partial charge in [0.25, 0.3) is 0 Å². The summed E-state index contributed by atoms with van der Waals surface area (Å²) in [5.74, 6) is -0.197. The smallest absolute Gasteiger partial charge is 0.243 e. The van der Waals surface area contributed by atoms with Crippen LogP contribution in [-0.4, -0.2) is 31.7 Å². The molecule has 0 unspecified atom stereocenters. The number of aryl methyl sites for hydroxylation is 1. The minimum Gasteiger partial charge on any atom is -0.326 e. The Labute approximate surface area is 155 Å². The van der Waals surface area contributed by atoms with E-state index in [1.165, 1.54) is 9.87 Å². The van der Waals surface area contributed by atoms with Gasteiger partial charge in [-0.3, -0.25) is 4.79 Å². The highest BCUT2D eigenvalue weighted by Gasteiger charge is 2.32. The second kappa shape index (κ2) is 8.01. The second-order valence-electron chi connectivity index (χ2n) is 6.53. The number of sulfonamides is 1. The number of anilines is 1. The molecule has 1 N–H and O–H groups in total. The SMILES string of the molecule is CCc1cccc(NC(=O)C2CCN(S(=O)(=O)c3ccccc3)CC2)c1. The first kappa shape index (κ1) is 18.6. The van der Waals surface area contributed by atoms with Gasteiger partial charge in [0.15, 0.2) is 0 Å². The molecule has 5 nitrogen and oxygen atoms in total. The lowest BCUT2D eigenvalue weighted by Crippen LogP contribution is -2.41. The summed E-state index contributed by atoms with van der Waals surface area (Å²) in [6.07, 6.45) is 1.98. The summed E-state index contributed by atoms with van der Waals surface area (Å²) < 4.78 is 26.8. The van der Waals surface area contributed by atoms with Crippen LogP contribution < -0.4 is 5.32 Å². The Balaban J connectivity index is 1.60. The lowest BCUT2D eigenvalue weighted by molar-refractivity contribution is -0.120. The molecule has 26 heavy (non-hydrogen) atoms. The molecule has 0 spiro atoms. The van der Waals surface area contributed by atoms with Crippen LogP contribution in [0, 0.1) is 5.92 Å². The quantitative estimate of drug-likeness (QED) is 0.876. The van der Waals surface area contributed by atoms with Crippen molar-refractivity contribution in [3.63, 3.8) is 0 Å². The molecule has 0 bridgehead atoms. The number of nitrogens with zero attached hydrogens (tertiary/aromatic N) is 1. The van der Waals surface area contributed by atoms with Crippen LogP contribution >= 0.6 is 0 Å². The van der Waals surface area contributed by atoms with E-state index >= 15 is 0 Å². The first-order chi connectivity index (χ1) is 12.5. The minimum atomic E-state index is -3.48. The van der Waals surface area contributed by atoms with E-state index in [4.69, 9.17) is 0 Å². The zero-order valence-corrected chi connectivity index (χ0v) is 15.7. The van der Waals surface area contributed by atoms with Crippen LogP contribution in [-0.2, 0) is 21.2 Å². The first-order valence-corrected chi connectivity index (χ1v) is 10.4. The average molecular weight is 372 g/mol. The molecule has 138 valence electrons. The largest absolute Gasteiger partial charge is 0.326 e. The van der Waals surface area contributed by atoms with Crippen molar-refractivity contribution in [1.29, 1.82) is 0 Å². The Morgan fingerprint density at radius 1 is 1.08 bits per heavy atom. The predicted octanol–water partition coefficient (Wildman–Crippen LogP) is 3.29. The molecule has 2 aromatic rings. The van der Waals surface area contributed by atoms with Crippen LogP contribution in [0.25, 0.3) is 0 Å². The molecule has 0 aromatic heterocycles. The van der Waals surface area contributed by atoms with Gasteiger partial charge in [-0.2, -0.15) is 4.31 Å². The Morgan fingerprint density at radius 3 is 2.42 bits per heavy atom. The molecule has 0 saturated carbocycles. The van der Waals surface area contributed by atoms with Crippen molar-refractivity contribution in [2.45, 2.75) is 31.1 Å². The van der Waals surface area contributed by atoms with Gasteiger partial charge in [0, 0.05) is 24.7 Å². The molecule has 1 amide bonds. The van der Waals surface area contributed by atoms with Gasteiger partial charge >= 0.3 is 0 Å². The van der Waals surface area contributed by atoms with Crippen LogP contribution in [0.5, 0.6) is 0 Å². The van der Waals surface area contributed by atoms with Gasteiger partial charge in [0.1, 0.15) is 0 Å². The number of nitrogens with one attached hydrogen (secondary N) is 1. The summed E-state index contributed by atoms with van der Waals surface area (Å²) in [5.41, 5.74) is 1.97. The molecule has 3 rings (SSSR count). The fraction of sp³-hybridized carbons (Fsp3) is 0.350. The Hall–Kier alpha value is -2.18. The molecular weight excluding hydrogens is 348 g/mol. The summed E-state index contributed by atoms with van der Waals surface area (Å²) >= 11 is 0. The molecule has 0 radical (unpaired) electrons. The van der Waals surface area contributed by atoms with E-state index in [9.17, 15) is 13.2 Å². The Morgan fingerprint density at radius 2 is 1.77 bits per heavy atom. The second-order valence-corrected chi connectivity index (χ2v) is 8.47. The molecule has 6 heteroatoms. The number of hydrogen-bond acceptors (Lipinski definition) is 3. The van der Waals surface area contributed by atoms with E-state index < -0.39 is 10.0 Å². The van der Waals surface area contributed by atoms with E-state index in [1.807, 2.05) is 24.3 Å². The van der Waals surface area contributed by atoms with Crippen molar-refractivity contribution in [1.82, 2.24) is 4.31 Å². The third kappa shape index (κ3) is 4.14.